The molecule has 1 aliphatic rings. The summed E-state index contributed by atoms with van der Waals surface area (Å²) in [7, 11) is -3.30. The Hall–Kier alpha value is -1.01. The minimum absolute atomic E-state index is 0.0554. The van der Waals surface area contributed by atoms with Gasteiger partial charge in [-0.1, -0.05) is 6.92 Å². The monoisotopic (exact) mass is 255 g/mol. The van der Waals surface area contributed by atoms with Gasteiger partial charge in [-0.05, 0) is 13.0 Å². The van der Waals surface area contributed by atoms with E-state index in [4.69, 9.17) is 0 Å². The number of aromatic nitrogens is 2. The fourth-order valence-electron chi connectivity index (χ4n) is 2.04. The van der Waals surface area contributed by atoms with Gasteiger partial charge in [-0.15, -0.1) is 0 Å². The molecule has 0 bridgehead atoms. The van der Waals surface area contributed by atoms with Crippen LogP contribution in [0, 0.1) is 0 Å². The largest absolute Gasteiger partial charge is 0.299 e. The fraction of sp³-hybridized carbons (Fsp3) is 0.636. The van der Waals surface area contributed by atoms with Crippen molar-refractivity contribution in [3.8, 4) is 0 Å². The molecule has 94 valence electrons. The van der Waals surface area contributed by atoms with Crippen LogP contribution in [0.4, 0.5) is 0 Å². The zero-order valence-electron chi connectivity index (χ0n) is 10.2. The van der Waals surface area contributed by atoms with Crippen molar-refractivity contribution >= 4 is 9.84 Å². The average molecular weight is 255 g/mol. The molecule has 0 atom stereocenters. The first-order valence-corrected chi connectivity index (χ1v) is 7.67. The minimum Gasteiger partial charge on any atom is -0.299 e. The van der Waals surface area contributed by atoms with Crippen LogP contribution in [0.3, 0.4) is 0 Å². The second-order valence-electron chi connectivity index (χ2n) is 4.42. The van der Waals surface area contributed by atoms with Gasteiger partial charge in [0, 0.05) is 37.5 Å². The van der Waals surface area contributed by atoms with Crippen LogP contribution >= 0.6 is 0 Å². The normalized spacial score (nSPS) is 16.8. The lowest BCUT2D eigenvalue weighted by Crippen LogP contribution is -2.32. The first kappa shape index (κ1) is 12.4. The Morgan fingerprint density at radius 1 is 1.47 bits per heavy atom. The summed E-state index contributed by atoms with van der Waals surface area (Å²) in [4.78, 5) is 10.4. The Morgan fingerprint density at radius 2 is 2.24 bits per heavy atom. The molecule has 0 spiro atoms. The van der Waals surface area contributed by atoms with Crippen LogP contribution in [-0.2, 0) is 22.8 Å². The smallest absolute Gasteiger partial charge is 0.246 e. The van der Waals surface area contributed by atoms with E-state index in [1.807, 2.05) is 0 Å². The lowest BCUT2D eigenvalue weighted by Gasteiger charge is -2.27. The number of hydrogen-bond acceptors (Lipinski definition) is 5. The molecule has 6 heteroatoms. The van der Waals surface area contributed by atoms with Crippen molar-refractivity contribution in [1.29, 1.82) is 0 Å². The lowest BCUT2D eigenvalue weighted by molar-refractivity contribution is 0.251. The van der Waals surface area contributed by atoms with Crippen molar-refractivity contribution in [2.75, 3.05) is 19.3 Å². The quantitative estimate of drug-likeness (QED) is 0.742. The highest BCUT2D eigenvalue weighted by molar-refractivity contribution is 7.90. The predicted molar refractivity (Wildman–Crippen MR) is 64.4 cm³/mol. The minimum atomic E-state index is -3.30. The van der Waals surface area contributed by atoms with Gasteiger partial charge in [-0.2, -0.15) is 0 Å². The zero-order valence-corrected chi connectivity index (χ0v) is 11.0. The summed E-state index contributed by atoms with van der Waals surface area (Å²) < 4.78 is 22.7. The van der Waals surface area contributed by atoms with Gasteiger partial charge in [0.2, 0.25) is 15.0 Å². The second kappa shape index (κ2) is 4.70. The maximum atomic E-state index is 11.4. The number of rotatable bonds is 3. The highest BCUT2D eigenvalue weighted by Crippen LogP contribution is 2.17. The molecule has 0 saturated carbocycles. The molecule has 0 fully saturated rings. The number of hydrogen-bond donors (Lipinski definition) is 0. The molecule has 2 rings (SSSR count). The van der Waals surface area contributed by atoms with Gasteiger partial charge in [0.15, 0.2) is 0 Å². The van der Waals surface area contributed by atoms with Crippen LogP contribution < -0.4 is 0 Å². The molecule has 17 heavy (non-hydrogen) atoms. The maximum Gasteiger partial charge on any atom is 0.246 e. The second-order valence-corrected chi connectivity index (χ2v) is 6.33. The van der Waals surface area contributed by atoms with E-state index >= 15 is 0 Å². The SMILES string of the molecule is CCCN1CCc2nc(S(C)(=O)=O)ncc2C1. The summed E-state index contributed by atoms with van der Waals surface area (Å²) in [5.41, 5.74) is 1.94. The van der Waals surface area contributed by atoms with E-state index in [9.17, 15) is 8.42 Å². The van der Waals surface area contributed by atoms with E-state index in [2.05, 4.69) is 21.8 Å². The number of nitrogens with zero attached hydrogens (tertiary/aromatic N) is 3. The fourth-order valence-corrected chi connectivity index (χ4v) is 2.56. The van der Waals surface area contributed by atoms with Gasteiger partial charge in [-0.25, -0.2) is 18.4 Å². The molecule has 0 N–H and O–H groups in total. The van der Waals surface area contributed by atoms with Gasteiger partial charge in [0.05, 0.1) is 5.69 Å². The van der Waals surface area contributed by atoms with Crippen LogP contribution in [-0.4, -0.2) is 42.6 Å². The highest BCUT2D eigenvalue weighted by Gasteiger charge is 2.20. The molecule has 5 nitrogen and oxygen atoms in total. The summed E-state index contributed by atoms with van der Waals surface area (Å²) in [5, 5.41) is -0.0554. The predicted octanol–water partition coefficient (Wildman–Crippen LogP) is 0.648. The molecule has 0 saturated heterocycles. The molecule has 1 aliphatic heterocycles. The van der Waals surface area contributed by atoms with E-state index < -0.39 is 9.84 Å². The van der Waals surface area contributed by atoms with Crippen molar-refractivity contribution in [2.45, 2.75) is 31.5 Å². The average Bonchev–Trinajstić information content (AvgIpc) is 2.27. The van der Waals surface area contributed by atoms with Crippen LogP contribution in [0.2, 0.25) is 0 Å². The first-order chi connectivity index (χ1) is 8.00. The zero-order chi connectivity index (χ0) is 12.5. The van der Waals surface area contributed by atoms with Crippen molar-refractivity contribution in [3.05, 3.63) is 17.5 Å². The van der Waals surface area contributed by atoms with Gasteiger partial charge in [-0.3, -0.25) is 4.90 Å². The topological polar surface area (TPSA) is 63.2 Å². The van der Waals surface area contributed by atoms with E-state index in [0.717, 1.165) is 50.0 Å². The van der Waals surface area contributed by atoms with Crippen LogP contribution in [0.1, 0.15) is 24.6 Å². The summed E-state index contributed by atoms with van der Waals surface area (Å²) in [6, 6.07) is 0. The third-order valence-electron chi connectivity index (χ3n) is 2.86. The summed E-state index contributed by atoms with van der Waals surface area (Å²) in [6.07, 6.45) is 4.72. The molecule has 0 radical (unpaired) electrons. The van der Waals surface area contributed by atoms with Gasteiger partial charge >= 0.3 is 0 Å². The van der Waals surface area contributed by atoms with Gasteiger partial charge in [0.1, 0.15) is 0 Å². The van der Waals surface area contributed by atoms with E-state index in [0.29, 0.717) is 0 Å². The van der Waals surface area contributed by atoms with Crippen LogP contribution in [0.5, 0.6) is 0 Å². The number of fused-ring (bicyclic) bond motifs is 1. The van der Waals surface area contributed by atoms with Crippen LogP contribution in [0.25, 0.3) is 0 Å². The number of sulfone groups is 1. The standard InChI is InChI=1S/C11H17N3O2S/c1-3-5-14-6-4-10-9(8-14)7-12-11(13-10)17(2,15)16/h7H,3-6,8H2,1-2H3. The maximum absolute atomic E-state index is 11.4. The molecular weight excluding hydrogens is 238 g/mol. The Morgan fingerprint density at radius 3 is 2.88 bits per heavy atom. The van der Waals surface area contributed by atoms with Crippen molar-refractivity contribution in [1.82, 2.24) is 14.9 Å². The van der Waals surface area contributed by atoms with Gasteiger partial charge < -0.3 is 0 Å². The Labute approximate surface area is 102 Å². The molecule has 0 unspecified atom stereocenters. The van der Waals surface area contributed by atoms with Crippen LogP contribution in [0.15, 0.2) is 11.4 Å². The third-order valence-corrected chi connectivity index (χ3v) is 3.72. The molecule has 1 aromatic heterocycles. The molecule has 0 aromatic carbocycles. The highest BCUT2D eigenvalue weighted by atomic mass is 32.2. The van der Waals surface area contributed by atoms with Crippen molar-refractivity contribution < 1.29 is 8.42 Å². The van der Waals surface area contributed by atoms with Crippen molar-refractivity contribution in [2.24, 2.45) is 0 Å². The Balaban J connectivity index is 2.26. The van der Waals surface area contributed by atoms with Gasteiger partial charge in [0.25, 0.3) is 0 Å². The van der Waals surface area contributed by atoms with E-state index in [-0.39, 0.29) is 5.16 Å². The summed E-state index contributed by atoms with van der Waals surface area (Å²) in [6.45, 7) is 4.99. The Kier molecular flexibility index (Phi) is 3.44. The Bertz CT molecular complexity index is 513. The van der Waals surface area contributed by atoms with E-state index in [1.165, 1.54) is 0 Å². The summed E-state index contributed by atoms with van der Waals surface area (Å²) in [5.74, 6) is 0. The molecule has 0 aliphatic carbocycles. The molecular formula is C11H17N3O2S. The molecule has 0 amide bonds. The summed E-state index contributed by atoms with van der Waals surface area (Å²) >= 11 is 0. The molecule has 1 aromatic rings. The first-order valence-electron chi connectivity index (χ1n) is 5.78. The van der Waals surface area contributed by atoms with E-state index in [1.54, 1.807) is 6.20 Å². The lowest BCUT2D eigenvalue weighted by atomic mass is 10.1. The molecule has 2 heterocycles. The van der Waals surface area contributed by atoms with Crippen molar-refractivity contribution in [3.63, 3.8) is 0 Å². The third kappa shape index (κ3) is 2.81.